The van der Waals surface area contributed by atoms with E-state index in [4.69, 9.17) is 9.15 Å². The molecule has 1 N–H and O–H groups in total. The lowest BCUT2D eigenvalue weighted by atomic mass is 9.92. The Kier molecular flexibility index (Phi) is 5.88. The smallest absolute Gasteiger partial charge is 0.277 e. The van der Waals surface area contributed by atoms with Crippen molar-refractivity contribution in [1.82, 2.24) is 15.1 Å². The molecule has 0 radical (unpaired) electrons. The van der Waals surface area contributed by atoms with Gasteiger partial charge < -0.3 is 14.5 Å². The van der Waals surface area contributed by atoms with Crippen LogP contribution in [0.5, 0.6) is 5.75 Å². The van der Waals surface area contributed by atoms with Gasteiger partial charge in [-0.1, -0.05) is 24.3 Å². The molecule has 1 aliphatic heterocycles. The van der Waals surface area contributed by atoms with Crippen molar-refractivity contribution in [3.8, 4) is 17.2 Å². The number of furan rings is 1. The van der Waals surface area contributed by atoms with Crippen LogP contribution < -0.4 is 15.0 Å². The van der Waals surface area contributed by atoms with E-state index in [0.29, 0.717) is 29.4 Å². The predicted octanol–water partition coefficient (Wildman–Crippen LogP) is 4.50. The molecular formula is C28H28N4O4. The first-order chi connectivity index (χ1) is 17.3. The number of fused-ring (bicyclic) bond motifs is 1. The van der Waals surface area contributed by atoms with Crippen LogP contribution in [0.25, 0.3) is 11.5 Å². The molecule has 4 aromatic rings. The molecule has 2 aromatic heterocycles. The number of rotatable bonds is 6. The molecule has 1 aliphatic rings. The summed E-state index contributed by atoms with van der Waals surface area (Å²) in [6.45, 7) is 6.25. The third-order valence-corrected chi connectivity index (χ3v) is 6.85. The number of anilines is 1. The summed E-state index contributed by atoms with van der Waals surface area (Å²) >= 11 is 0. The first kappa shape index (κ1) is 23.4. The fourth-order valence-corrected chi connectivity index (χ4v) is 4.60. The van der Waals surface area contributed by atoms with Crippen LogP contribution in [0.3, 0.4) is 0 Å². The minimum atomic E-state index is -1.22. The maximum Gasteiger partial charge on any atom is 0.277 e. The number of hydrogen-bond donors (Lipinski definition) is 1. The van der Waals surface area contributed by atoms with Crippen LogP contribution in [0.4, 0.5) is 5.69 Å². The van der Waals surface area contributed by atoms with Crippen molar-refractivity contribution in [2.45, 2.75) is 39.4 Å². The van der Waals surface area contributed by atoms with E-state index in [0.717, 1.165) is 22.4 Å². The molecule has 5 rings (SSSR count). The van der Waals surface area contributed by atoms with Crippen LogP contribution in [0, 0.1) is 13.8 Å². The lowest BCUT2D eigenvalue weighted by Crippen LogP contribution is -2.64. The van der Waals surface area contributed by atoms with Crippen molar-refractivity contribution >= 4 is 17.5 Å². The van der Waals surface area contributed by atoms with Gasteiger partial charge in [0.05, 0.1) is 19.9 Å². The van der Waals surface area contributed by atoms with Gasteiger partial charge in [0.1, 0.15) is 22.7 Å². The maximum absolute atomic E-state index is 14.0. The molecule has 3 heterocycles. The van der Waals surface area contributed by atoms with Gasteiger partial charge in [-0.2, -0.15) is 5.10 Å². The molecule has 0 saturated heterocycles. The van der Waals surface area contributed by atoms with E-state index < -0.39 is 5.54 Å². The van der Waals surface area contributed by atoms with Crippen molar-refractivity contribution in [3.05, 3.63) is 89.3 Å². The number of methoxy groups -OCH3 is 1. The number of carbonyl (C=O) groups excluding carboxylic acids is 2. The van der Waals surface area contributed by atoms with Gasteiger partial charge in [0.25, 0.3) is 5.91 Å². The Morgan fingerprint density at radius 3 is 2.61 bits per heavy atom. The average molecular weight is 485 g/mol. The number of aryl methyl sites for hydroxylation is 1. The highest BCUT2D eigenvalue weighted by Crippen LogP contribution is 2.36. The number of nitrogens with one attached hydrogen (secondary N) is 1. The van der Waals surface area contributed by atoms with E-state index in [2.05, 4.69) is 10.4 Å². The third-order valence-electron chi connectivity index (χ3n) is 6.85. The number of hydrogen-bond acceptors (Lipinski definition) is 5. The number of nitrogens with zero attached hydrogens (tertiary/aromatic N) is 3. The Morgan fingerprint density at radius 1 is 1.14 bits per heavy atom. The molecule has 0 fully saturated rings. The van der Waals surface area contributed by atoms with E-state index in [1.165, 1.54) is 0 Å². The van der Waals surface area contributed by atoms with Crippen molar-refractivity contribution in [1.29, 1.82) is 0 Å². The fourth-order valence-electron chi connectivity index (χ4n) is 4.60. The topological polar surface area (TPSA) is 89.6 Å². The van der Waals surface area contributed by atoms with Crippen LogP contribution in [-0.4, -0.2) is 34.2 Å². The second-order valence-corrected chi connectivity index (χ2v) is 9.21. The fraction of sp³-hybridized carbons (Fsp3) is 0.250. The Bertz CT molecular complexity index is 1420. The highest BCUT2D eigenvalue weighted by atomic mass is 16.5. The number of benzene rings is 2. The summed E-state index contributed by atoms with van der Waals surface area (Å²) in [5.74, 6) is 0.749. The SMILES string of the molecule is COc1ccc(CNC(=O)[C@@]2(C)Cn3nc(-c4ccco4)cc3C(=O)N2c2cccc(C)c2C)cc1. The quantitative estimate of drug-likeness (QED) is 0.435. The average Bonchev–Trinajstić information content (AvgIpc) is 3.55. The second kappa shape index (κ2) is 9.03. The minimum absolute atomic E-state index is 0.191. The van der Waals surface area contributed by atoms with Crippen LogP contribution in [0.2, 0.25) is 0 Å². The van der Waals surface area contributed by atoms with E-state index in [9.17, 15) is 9.59 Å². The number of amides is 2. The van der Waals surface area contributed by atoms with Gasteiger partial charge in [0, 0.05) is 18.3 Å². The lowest BCUT2D eigenvalue weighted by molar-refractivity contribution is -0.126. The van der Waals surface area contributed by atoms with E-state index in [1.807, 2.05) is 56.3 Å². The molecule has 1 atom stereocenters. The van der Waals surface area contributed by atoms with Gasteiger partial charge in [0.15, 0.2) is 5.76 Å². The van der Waals surface area contributed by atoms with Crippen LogP contribution in [-0.2, 0) is 17.9 Å². The molecule has 36 heavy (non-hydrogen) atoms. The van der Waals surface area contributed by atoms with Crippen LogP contribution >= 0.6 is 0 Å². The van der Waals surface area contributed by atoms with E-state index in [-0.39, 0.29) is 18.4 Å². The third kappa shape index (κ3) is 3.94. The molecule has 8 heteroatoms. The monoisotopic (exact) mass is 484 g/mol. The highest BCUT2D eigenvalue weighted by molar-refractivity contribution is 6.12. The Balaban J connectivity index is 1.53. The zero-order valence-corrected chi connectivity index (χ0v) is 20.7. The highest BCUT2D eigenvalue weighted by Gasteiger charge is 2.49. The van der Waals surface area contributed by atoms with Crippen LogP contribution in [0.15, 0.2) is 71.3 Å². The lowest BCUT2D eigenvalue weighted by Gasteiger charge is -2.43. The van der Waals surface area contributed by atoms with E-state index >= 15 is 0 Å². The first-order valence-corrected chi connectivity index (χ1v) is 11.8. The Morgan fingerprint density at radius 2 is 1.92 bits per heavy atom. The predicted molar refractivity (Wildman–Crippen MR) is 136 cm³/mol. The Hall–Kier alpha value is -4.33. The number of ether oxygens (including phenoxy) is 1. The summed E-state index contributed by atoms with van der Waals surface area (Å²) in [5, 5.41) is 7.64. The molecule has 8 nitrogen and oxygen atoms in total. The molecule has 2 aromatic carbocycles. The minimum Gasteiger partial charge on any atom is -0.497 e. The normalized spacial score (nSPS) is 17.1. The zero-order chi connectivity index (χ0) is 25.4. The first-order valence-electron chi connectivity index (χ1n) is 11.8. The molecule has 0 unspecified atom stereocenters. The summed E-state index contributed by atoms with van der Waals surface area (Å²) in [6.07, 6.45) is 1.56. The maximum atomic E-state index is 14.0. The van der Waals surface area contributed by atoms with Gasteiger partial charge in [-0.25, -0.2) is 0 Å². The van der Waals surface area contributed by atoms with Gasteiger partial charge in [-0.15, -0.1) is 0 Å². The summed E-state index contributed by atoms with van der Waals surface area (Å²) < 4.78 is 12.3. The van der Waals surface area contributed by atoms with Gasteiger partial charge >= 0.3 is 0 Å². The Labute approximate surface area is 209 Å². The van der Waals surface area contributed by atoms with E-state index in [1.54, 1.807) is 48.1 Å². The largest absolute Gasteiger partial charge is 0.497 e. The van der Waals surface area contributed by atoms with Gasteiger partial charge in [-0.05, 0) is 67.8 Å². The molecule has 0 aliphatic carbocycles. The summed E-state index contributed by atoms with van der Waals surface area (Å²) in [5.41, 5.74) is 3.34. The molecule has 0 bridgehead atoms. The van der Waals surface area contributed by atoms with Gasteiger partial charge in [0.2, 0.25) is 5.91 Å². The standard InChI is InChI=1S/C28H28N4O4/c1-18-7-5-8-23(19(18)2)32-26(33)24-15-22(25-9-6-14-36-25)30-31(24)17-28(32,3)27(34)29-16-20-10-12-21(35-4)13-11-20/h5-15H,16-17H2,1-4H3,(H,29,34)/t28-/m1/s1. The van der Waals surface area contributed by atoms with Crippen molar-refractivity contribution < 1.29 is 18.7 Å². The summed E-state index contributed by atoms with van der Waals surface area (Å²) in [4.78, 5) is 29.4. The molecule has 184 valence electrons. The second-order valence-electron chi connectivity index (χ2n) is 9.21. The summed E-state index contributed by atoms with van der Waals surface area (Å²) in [7, 11) is 1.61. The zero-order valence-electron chi connectivity index (χ0n) is 20.7. The van der Waals surface area contributed by atoms with Crippen molar-refractivity contribution in [3.63, 3.8) is 0 Å². The molecular weight excluding hydrogens is 456 g/mol. The van der Waals surface area contributed by atoms with Crippen molar-refractivity contribution in [2.75, 3.05) is 12.0 Å². The van der Waals surface area contributed by atoms with Gasteiger partial charge in [-0.3, -0.25) is 19.2 Å². The van der Waals surface area contributed by atoms with Crippen molar-refractivity contribution in [2.24, 2.45) is 0 Å². The molecule has 0 spiro atoms. The number of aromatic nitrogens is 2. The molecule has 2 amide bonds. The van der Waals surface area contributed by atoms with Crippen LogP contribution in [0.1, 0.15) is 34.1 Å². The molecule has 0 saturated carbocycles. The number of carbonyl (C=O) groups is 2. The summed E-state index contributed by atoms with van der Waals surface area (Å²) in [6, 6.07) is 18.6.